The van der Waals surface area contributed by atoms with Crippen LogP contribution in [0.15, 0.2) is 36.9 Å². The molecule has 3 aliphatic rings. The largest absolute Gasteiger partial charge is 0.387 e. The van der Waals surface area contributed by atoms with Gasteiger partial charge in [-0.1, -0.05) is 52.2 Å². The van der Waals surface area contributed by atoms with Gasteiger partial charge in [0.25, 0.3) is 0 Å². The second kappa shape index (κ2) is 60.9. The molecule has 0 radical (unpaired) electrons. The van der Waals surface area contributed by atoms with Crippen LogP contribution < -0.4 is 31.9 Å². The number of ether oxygens (including phenoxy) is 3. The molecule has 6 amide bonds. The third kappa shape index (κ3) is 42.9. The molecular formula is C74H127N11O29S. The molecule has 0 bridgehead atoms. The first kappa shape index (κ1) is 98.4. The van der Waals surface area contributed by atoms with Gasteiger partial charge < -0.3 is 56.3 Å². The molecule has 658 valence electrons. The van der Waals surface area contributed by atoms with E-state index in [1.807, 2.05) is 36.0 Å². The first-order valence-corrected chi connectivity index (χ1v) is 41.0. The molecule has 8 N–H and O–H groups in total. The van der Waals surface area contributed by atoms with Crippen LogP contribution in [0.1, 0.15) is 142 Å². The molecule has 0 aliphatic carbocycles. The SMILES string of the molecule is CC(C)N(CCCNC(=O)Nc1ccc(C(C)(C)C)cc1)C[C@H]1O[C@@H](n2cnc3c(CCCCCNC(=O)CCCCCOCCOOCCOOCCOOCCOOCCOOCCOOCCOOCCOOCCOOCCOOCCOCCCNC(=O)CCCC[C@@H]4SC[C@]5(C)NC(=O)N[C@H]45)ncnc32)[C@H](O)[C@@H]1O. The lowest BCUT2D eigenvalue weighted by Crippen LogP contribution is -2.47. The van der Waals surface area contributed by atoms with Crippen LogP contribution in [-0.4, -0.2) is 297 Å². The van der Waals surface area contributed by atoms with E-state index in [-0.39, 0.29) is 179 Å². The van der Waals surface area contributed by atoms with Gasteiger partial charge in [0.05, 0.1) is 36.8 Å². The van der Waals surface area contributed by atoms with Crippen molar-refractivity contribution in [2.45, 2.75) is 184 Å². The van der Waals surface area contributed by atoms with Crippen LogP contribution >= 0.6 is 11.8 Å². The quantitative estimate of drug-likeness (QED) is 0.0156. The fraction of sp³-hybridized carbons (Fsp3) is 0.797. The molecule has 41 heteroatoms. The Kier molecular flexibility index (Phi) is 52.1. The number of aromatic nitrogens is 4. The summed E-state index contributed by atoms with van der Waals surface area (Å²) in [5.41, 5.74) is 3.64. The van der Waals surface area contributed by atoms with Gasteiger partial charge in [-0.25, -0.2) is 122 Å². The van der Waals surface area contributed by atoms with E-state index in [0.717, 1.165) is 74.9 Å². The summed E-state index contributed by atoms with van der Waals surface area (Å²) in [4.78, 5) is 164. The summed E-state index contributed by atoms with van der Waals surface area (Å²) in [6, 6.07) is 7.74. The van der Waals surface area contributed by atoms with E-state index in [0.29, 0.717) is 108 Å². The maximum absolute atomic E-state index is 12.6. The average molecular weight is 1670 g/mol. The number of aliphatic hydroxyl groups excluding tert-OH is 2. The minimum atomic E-state index is -1.21. The molecule has 1 aromatic carbocycles. The topological polar surface area (TPSA) is 440 Å². The Morgan fingerprint density at radius 3 is 1.52 bits per heavy atom. The molecule has 0 saturated carbocycles. The molecule has 3 aromatic rings. The average Bonchev–Trinajstić information content (AvgIpc) is 1.62. The molecule has 6 rings (SSSR count). The fourth-order valence-corrected chi connectivity index (χ4v) is 13.4. The van der Waals surface area contributed by atoms with Crippen molar-refractivity contribution in [3.8, 4) is 0 Å². The first-order chi connectivity index (χ1) is 56.0. The number of thioether (sulfide) groups is 1. The molecule has 3 saturated heterocycles. The van der Waals surface area contributed by atoms with Gasteiger partial charge in [0.1, 0.15) is 162 Å². The molecular weight excluding hydrogens is 1540 g/mol. The molecule has 3 fully saturated rings. The van der Waals surface area contributed by atoms with Crippen LogP contribution in [-0.2, 0) is 133 Å². The van der Waals surface area contributed by atoms with E-state index in [9.17, 15) is 29.4 Å². The molecule has 3 aliphatic heterocycles. The van der Waals surface area contributed by atoms with Crippen molar-refractivity contribution in [1.82, 2.24) is 51.0 Å². The second-order valence-corrected chi connectivity index (χ2v) is 29.5. The number of hydrogen-bond donors (Lipinski definition) is 8. The monoisotopic (exact) mass is 1670 g/mol. The van der Waals surface area contributed by atoms with Crippen molar-refractivity contribution in [3.63, 3.8) is 0 Å². The van der Waals surface area contributed by atoms with E-state index in [2.05, 4.69) is 93.3 Å². The number of benzene rings is 1. The van der Waals surface area contributed by atoms with Crippen LogP contribution in [0.4, 0.5) is 15.3 Å². The zero-order valence-electron chi connectivity index (χ0n) is 67.7. The van der Waals surface area contributed by atoms with Gasteiger partial charge in [0.15, 0.2) is 11.9 Å². The highest BCUT2D eigenvalue weighted by Gasteiger charge is 2.51. The number of unbranched alkanes of at least 4 members (excludes halogenated alkanes) is 5. The maximum atomic E-state index is 12.6. The summed E-state index contributed by atoms with van der Waals surface area (Å²) in [5.74, 6) is 0.959. The zero-order valence-corrected chi connectivity index (χ0v) is 68.5. The lowest BCUT2D eigenvalue weighted by Gasteiger charge is -2.30. The van der Waals surface area contributed by atoms with Gasteiger partial charge in [-0.15, -0.1) is 0 Å². The van der Waals surface area contributed by atoms with Crippen LogP contribution in [0.25, 0.3) is 11.2 Å². The number of urea groups is 2. The lowest BCUT2D eigenvalue weighted by atomic mass is 9.87. The smallest absolute Gasteiger partial charge is 0.319 e. The number of aliphatic hydroxyl groups is 2. The highest BCUT2D eigenvalue weighted by Crippen LogP contribution is 2.40. The predicted octanol–water partition coefficient (Wildman–Crippen LogP) is 5.19. The number of rotatable bonds is 73. The van der Waals surface area contributed by atoms with E-state index >= 15 is 0 Å². The number of aryl methyl sites for hydroxylation is 1. The molecule has 0 spiro atoms. The summed E-state index contributed by atoms with van der Waals surface area (Å²) in [6.07, 6.45) is 9.70. The Bertz CT molecular complexity index is 3020. The minimum absolute atomic E-state index is 0.0209. The minimum Gasteiger partial charge on any atom is -0.387 e. The third-order valence-electron chi connectivity index (χ3n) is 17.7. The Balaban J connectivity index is 0.576. The van der Waals surface area contributed by atoms with E-state index in [1.54, 1.807) is 10.9 Å². The van der Waals surface area contributed by atoms with Crippen LogP contribution in [0.5, 0.6) is 0 Å². The number of carbonyl (C=O) groups is 4. The predicted molar refractivity (Wildman–Crippen MR) is 411 cm³/mol. The Hall–Kier alpha value is -5.44. The summed E-state index contributed by atoms with van der Waals surface area (Å²) in [7, 11) is 0. The van der Waals surface area contributed by atoms with Crippen LogP contribution in [0.3, 0.4) is 0 Å². The van der Waals surface area contributed by atoms with Crippen molar-refractivity contribution >= 4 is 52.5 Å². The number of nitrogens with zero attached hydrogens (tertiary/aromatic N) is 5. The Morgan fingerprint density at radius 2 is 1.03 bits per heavy atom. The number of amides is 6. The Labute approximate surface area is 677 Å². The number of imidazole rings is 1. The lowest BCUT2D eigenvalue weighted by molar-refractivity contribution is -0.379. The van der Waals surface area contributed by atoms with E-state index < -0.39 is 24.5 Å². The molecule has 115 heavy (non-hydrogen) atoms. The maximum Gasteiger partial charge on any atom is 0.319 e. The second-order valence-electron chi connectivity index (χ2n) is 28.3. The normalized spacial score (nSPS) is 18.8. The summed E-state index contributed by atoms with van der Waals surface area (Å²) < 4.78 is 19.1. The van der Waals surface area contributed by atoms with Gasteiger partial charge in [-0.2, -0.15) is 11.8 Å². The van der Waals surface area contributed by atoms with E-state index in [4.69, 9.17) is 112 Å². The van der Waals surface area contributed by atoms with Crippen LogP contribution in [0, 0.1) is 0 Å². The van der Waals surface area contributed by atoms with Gasteiger partial charge in [-0.05, 0) is 102 Å². The highest BCUT2D eigenvalue weighted by molar-refractivity contribution is 8.00. The van der Waals surface area contributed by atoms with Crippen molar-refractivity contribution in [3.05, 3.63) is 48.2 Å². The van der Waals surface area contributed by atoms with Crippen molar-refractivity contribution < 1.29 is 141 Å². The van der Waals surface area contributed by atoms with Crippen molar-refractivity contribution in [1.29, 1.82) is 0 Å². The number of anilines is 1. The fourth-order valence-electron chi connectivity index (χ4n) is 11.7. The molecule has 5 heterocycles. The third-order valence-corrected chi connectivity index (χ3v) is 19.4. The number of hydrogen-bond acceptors (Lipinski definition) is 34. The van der Waals surface area contributed by atoms with Gasteiger partial charge in [-0.3, -0.25) is 19.1 Å². The molecule has 0 unspecified atom stereocenters. The highest BCUT2D eigenvalue weighted by atomic mass is 32.2. The molecule has 2 aromatic heterocycles. The number of nitrogens with one attached hydrogen (secondary N) is 6. The standard InChI is InChI=1S/C74H127N11O29S/c1-57(2)84(28-15-26-77-71(90)81-59-23-21-58(22-24-59)73(3,4)5)53-61-66(88)67(89)70(114-61)85-56-80-65-60(78-55-79-69(65)85)17-9-7-13-25-75-63(86)19-10-8-14-29-92-31-33-94-96-35-37-98-100-39-41-102-104-43-45-106-108-47-49-110-112-51-52-113-111-50-48-109-107-46-44-105-103-42-40-101-99-38-36-97-95-34-32-93-30-16-27-76-64(87)20-12-11-18-62-68-74(6,54-115-62)83-72(91)82-68/h21-24,55-57,61-62,66-68,70,88-89H,7-20,25-54H2,1-6H3,(H,75,86)(H,76,87)(H2,77,81,90)(H2,82,83,91)/t61-,62+,66-,67-,68-,70-,74+/m1/s1. The summed E-state index contributed by atoms with van der Waals surface area (Å²) in [5, 5.41) is 40.6. The number of carbonyl (C=O) groups excluding carboxylic acids is 4. The zero-order chi connectivity index (χ0) is 82.1. The summed E-state index contributed by atoms with van der Waals surface area (Å²) in [6.45, 7) is 19.3. The van der Waals surface area contributed by atoms with Gasteiger partial charge in [0, 0.05) is 81.5 Å². The Morgan fingerprint density at radius 1 is 0.565 bits per heavy atom. The van der Waals surface area contributed by atoms with Crippen molar-refractivity contribution in [2.75, 3.05) is 202 Å². The molecule has 7 atom stereocenters. The van der Waals surface area contributed by atoms with Gasteiger partial charge in [0.2, 0.25) is 11.8 Å². The number of fused-ring (bicyclic) bond motifs is 2. The van der Waals surface area contributed by atoms with E-state index in [1.165, 1.54) is 11.9 Å². The first-order valence-electron chi connectivity index (χ1n) is 39.9. The van der Waals surface area contributed by atoms with Crippen molar-refractivity contribution in [2.24, 2.45) is 0 Å². The van der Waals surface area contributed by atoms with Gasteiger partial charge >= 0.3 is 12.1 Å². The summed E-state index contributed by atoms with van der Waals surface area (Å²) >= 11 is 1.88. The molecule has 40 nitrogen and oxygen atoms in total. The van der Waals surface area contributed by atoms with Crippen LogP contribution in [0.2, 0.25) is 0 Å².